The van der Waals surface area contributed by atoms with Crippen molar-refractivity contribution in [3.05, 3.63) is 48.5 Å². The van der Waals surface area contributed by atoms with Crippen LogP contribution in [0.25, 0.3) is 21.8 Å². The Morgan fingerprint density at radius 2 is 1.60 bits per heavy atom. The third-order valence-corrected chi connectivity index (χ3v) is 3.69. The minimum absolute atomic E-state index is 0.403. The van der Waals surface area contributed by atoms with E-state index in [4.69, 9.17) is 0 Å². The Hall–Kier alpha value is -2.33. The first-order valence-corrected chi connectivity index (χ1v) is 6.58. The number of aliphatic carboxylic acids is 1. The van der Waals surface area contributed by atoms with Crippen molar-refractivity contribution in [3.8, 4) is 0 Å². The van der Waals surface area contributed by atoms with Crippen molar-refractivity contribution in [1.29, 1.82) is 0 Å². The van der Waals surface area contributed by atoms with Crippen LogP contribution in [0.15, 0.2) is 48.5 Å². The van der Waals surface area contributed by atoms with Crippen LogP contribution in [0.2, 0.25) is 0 Å². The Kier molecular flexibility index (Phi) is 3.16. The Labute approximate surface area is 116 Å². The van der Waals surface area contributed by atoms with Crippen LogP contribution in [0.5, 0.6) is 0 Å². The highest BCUT2D eigenvalue weighted by atomic mass is 16.4. The van der Waals surface area contributed by atoms with E-state index in [0.29, 0.717) is 6.54 Å². The average Bonchev–Trinajstić information content (AvgIpc) is 2.79. The van der Waals surface area contributed by atoms with E-state index < -0.39 is 12.0 Å². The molecular weight excluding hydrogens is 252 g/mol. The van der Waals surface area contributed by atoms with Crippen LogP contribution in [0.4, 0.5) is 0 Å². The second kappa shape index (κ2) is 4.98. The summed E-state index contributed by atoms with van der Waals surface area (Å²) in [6, 6.07) is 15.6. The van der Waals surface area contributed by atoms with E-state index in [2.05, 4.69) is 22.0 Å². The molecule has 0 radical (unpaired) electrons. The summed E-state index contributed by atoms with van der Waals surface area (Å²) >= 11 is 0. The summed E-state index contributed by atoms with van der Waals surface area (Å²) in [7, 11) is 1.67. The molecule has 0 aliphatic carbocycles. The summed E-state index contributed by atoms with van der Waals surface area (Å²) < 4.78 is 2.07. The third-order valence-electron chi connectivity index (χ3n) is 3.69. The van der Waals surface area contributed by atoms with Crippen molar-refractivity contribution in [2.24, 2.45) is 0 Å². The van der Waals surface area contributed by atoms with E-state index >= 15 is 0 Å². The molecule has 3 rings (SSSR count). The molecule has 0 amide bonds. The maximum absolute atomic E-state index is 11.3. The summed E-state index contributed by atoms with van der Waals surface area (Å²) in [5.41, 5.74) is 2.13. The number of hydrogen-bond acceptors (Lipinski definition) is 2. The first-order chi connectivity index (χ1) is 9.72. The fourth-order valence-electron chi connectivity index (χ4n) is 2.68. The third kappa shape index (κ3) is 1.94. The van der Waals surface area contributed by atoms with Crippen molar-refractivity contribution < 1.29 is 9.90 Å². The molecular formula is C16H16N2O2. The molecule has 0 saturated heterocycles. The van der Waals surface area contributed by atoms with Crippen molar-refractivity contribution in [1.82, 2.24) is 9.88 Å². The molecule has 0 spiro atoms. The number of para-hydroxylation sites is 2. The molecule has 1 heterocycles. The minimum Gasteiger partial charge on any atom is -0.480 e. The van der Waals surface area contributed by atoms with E-state index in [1.54, 1.807) is 7.05 Å². The molecule has 1 aromatic heterocycles. The van der Waals surface area contributed by atoms with Gasteiger partial charge in [0.1, 0.15) is 6.04 Å². The molecule has 102 valence electrons. The summed E-state index contributed by atoms with van der Waals surface area (Å²) in [6.45, 7) is 0.403. The van der Waals surface area contributed by atoms with Gasteiger partial charge in [0.05, 0.1) is 0 Å². The highest BCUT2D eigenvalue weighted by molar-refractivity contribution is 6.08. The number of nitrogens with one attached hydrogen (secondary N) is 1. The number of aromatic nitrogens is 1. The number of nitrogens with zero attached hydrogens (tertiary/aromatic N) is 1. The van der Waals surface area contributed by atoms with Crippen LogP contribution in [-0.2, 0) is 11.3 Å². The van der Waals surface area contributed by atoms with Crippen molar-refractivity contribution >= 4 is 27.8 Å². The molecule has 20 heavy (non-hydrogen) atoms. The first kappa shape index (κ1) is 12.7. The summed E-state index contributed by atoms with van der Waals surface area (Å²) in [6.07, 6.45) is 0. The van der Waals surface area contributed by atoms with Gasteiger partial charge in [-0.3, -0.25) is 4.79 Å². The summed E-state index contributed by atoms with van der Waals surface area (Å²) in [5.74, 6) is -0.839. The zero-order chi connectivity index (χ0) is 14.1. The number of benzene rings is 2. The topological polar surface area (TPSA) is 54.3 Å². The van der Waals surface area contributed by atoms with Crippen LogP contribution in [-0.4, -0.2) is 28.7 Å². The van der Waals surface area contributed by atoms with Crippen molar-refractivity contribution in [3.63, 3.8) is 0 Å². The highest BCUT2D eigenvalue weighted by Crippen LogP contribution is 2.28. The van der Waals surface area contributed by atoms with Crippen LogP contribution < -0.4 is 5.32 Å². The number of rotatable bonds is 4. The molecule has 1 unspecified atom stereocenters. The molecule has 2 aromatic carbocycles. The van der Waals surface area contributed by atoms with Gasteiger partial charge in [0.2, 0.25) is 0 Å². The lowest BCUT2D eigenvalue weighted by atomic mass is 10.2. The van der Waals surface area contributed by atoms with E-state index in [0.717, 1.165) is 21.8 Å². The number of likely N-dealkylation sites (N-methyl/N-ethyl adjacent to an activating group) is 1. The Morgan fingerprint density at radius 3 is 2.05 bits per heavy atom. The van der Waals surface area contributed by atoms with Gasteiger partial charge in [-0.25, -0.2) is 0 Å². The molecule has 0 saturated carbocycles. The molecule has 4 nitrogen and oxygen atoms in total. The second-order valence-electron chi connectivity index (χ2n) is 4.82. The summed E-state index contributed by atoms with van der Waals surface area (Å²) in [5, 5.41) is 14.4. The molecule has 0 bridgehead atoms. The average molecular weight is 268 g/mol. The van der Waals surface area contributed by atoms with Gasteiger partial charge in [-0.1, -0.05) is 36.4 Å². The van der Waals surface area contributed by atoms with Gasteiger partial charge >= 0.3 is 5.97 Å². The normalized spacial score (nSPS) is 12.8. The molecule has 1 atom stereocenters. The smallest absolute Gasteiger partial charge is 0.322 e. The zero-order valence-electron chi connectivity index (χ0n) is 11.2. The Morgan fingerprint density at radius 1 is 1.10 bits per heavy atom. The number of carboxylic acid groups (broad SMARTS) is 1. The van der Waals surface area contributed by atoms with E-state index in [-0.39, 0.29) is 0 Å². The number of hydrogen-bond donors (Lipinski definition) is 2. The fraction of sp³-hybridized carbons (Fsp3) is 0.188. The van der Waals surface area contributed by atoms with Gasteiger partial charge in [0.15, 0.2) is 0 Å². The predicted molar refractivity (Wildman–Crippen MR) is 79.9 cm³/mol. The van der Waals surface area contributed by atoms with Gasteiger partial charge in [-0.05, 0) is 19.2 Å². The Bertz CT molecular complexity index is 723. The van der Waals surface area contributed by atoms with Crippen LogP contribution in [0, 0.1) is 0 Å². The van der Waals surface area contributed by atoms with Gasteiger partial charge in [0, 0.05) is 28.4 Å². The SMILES string of the molecule is CNC(Cn1c2ccccc2c2ccccc21)C(=O)O. The molecule has 0 fully saturated rings. The largest absolute Gasteiger partial charge is 0.480 e. The second-order valence-corrected chi connectivity index (χ2v) is 4.82. The fourth-order valence-corrected chi connectivity index (χ4v) is 2.68. The first-order valence-electron chi connectivity index (χ1n) is 6.58. The van der Waals surface area contributed by atoms with Gasteiger partial charge in [0.25, 0.3) is 0 Å². The van der Waals surface area contributed by atoms with Crippen LogP contribution >= 0.6 is 0 Å². The van der Waals surface area contributed by atoms with Gasteiger partial charge in [-0.15, -0.1) is 0 Å². The van der Waals surface area contributed by atoms with Crippen molar-refractivity contribution in [2.75, 3.05) is 7.05 Å². The van der Waals surface area contributed by atoms with Crippen molar-refractivity contribution in [2.45, 2.75) is 12.6 Å². The number of carboxylic acids is 1. The van der Waals surface area contributed by atoms with E-state index in [9.17, 15) is 9.90 Å². The lowest BCUT2D eigenvalue weighted by Crippen LogP contribution is -2.37. The molecule has 0 aliphatic rings. The number of fused-ring (bicyclic) bond motifs is 3. The quantitative estimate of drug-likeness (QED) is 0.764. The monoisotopic (exact) mass is 268 g/mol. The van der Waals surface area contributed by atoms with Crippen LogP contribution in [0.3, 0.4) is 0 Å². The summed E-state index contributed by atoms with van der Waals surface area (Å²) in [4.78, 5) is 11.3. The standard InChI is InChI=1S/C16H16N2O2/c1-17-13(16(19)20)10-18-14-8-4-2-6-11(14)12-7-3-5-9-15(12)18/h2-9,13,17H,10H2,1H3,(H,19,20). The molecule has 0 aliphatic heterocycles. The minimum atomic E-state index is -0.839. The lowest BCUT2D eigenvalue weighted by Gasteiger charge is -2.14. The van der Waals surface area contributed by atoms with Gasteiger partial charge in [-0.2, -0.15) is 0 Å². The maximum Gasteiger partial charge on any atom is 0.322 e. The van der Waals surface area contributed by atoms with Crippen LogP contribution in [0.1, 0.15) is 0 Å². The van der Waals surface area contributed by atoms with E-state index in [1.807, 2.05) is 36.4 Å². The highest BCUT2D eigenvalue weighted by Gasteiger charge is 2.18. The molecule has 3 aromatic rings. The van der Waals surface area contributed by atoms with E-state index in [1.165, 1.54) is 0 Å². The molecule has 4 heteroatoms. The zero-order valence-corrected chi connectivity index (χ0v) is 11.2. The van der Waals surface area contributed by atoms with Gasteiger partial charge < -0.3 is 15.0 Å². The maximum atomic E-state index is 11.3. The number of carbonyl (C=O) groups is 1. The lowest BCUT2D eigenvalue weighted by molar-refractivity contribution is -0.139. The predicted octanol–water partition coefficient (Wildman–Crippen LogP) is 2.47. The Balaban J connectivity index is 2.23. The molecule has 2 N–H and O–H groups in total.